The molecule has 5 nitrogen and oxygen atoms in total. The van der Waals surface area contributed by atoms with Crippen LogP contribution in [0.5, 0.6) is 5.75 Å². The molecule has 0 aliphatic heterocycles. The summed E-state index contributed by atoms with van der Waals surface area (Å²) < 4.78 is 7.44. The average molecular weight is 309 g/mol. The van der Waals surface area contributed by atoms with Gasteiger partial charge < -0.3 is 10.1 Å². The molecule has 1 atom stereocenters. The fourth-order valence-electron chi connectivity index (χ4n) is 2.32. The van der Waals surface area contributed by atoms with Gasteiger partial charge in [0, 0.05) is 12.7 Å². The number of pyridine rings is 1. The maximum atomic E-state index is 5.93. The lowest BCUT2D eigenvalue weighted by atomic mass is 10.1. The van der Waals surface area contributed by atoms with Crippen LogP contribution in [-0.2, 0) is 6.54 Å². The summed E-state index contributed by atoms with van der Waals surface area (Å²) in [7, 11) is 1.66. The SMILES string of the molecule is CCCn1ncc(OC)c1C(NCC)c1ccc(Cl)cn1. The number of hydrogen-bond acceptors (Lipinski definition) is 4. The zero-order valence-electron chi connectivity index (χ0n) is 12.6. The summed E-state index contributed by atoms with van der Waals surface area (Å²) >= 11 is 5.93. The van der Waals surface area contributed by atoms with Gasteiger partial charge >= 0.3 is 0 Å². The minimum atomic E-state index is -0.0729. The molecule has 114 valence electrons. The van der Waals surface area contributed by atoms with Gasteiger partial charge in [-0.2, -0.15) is 5.10 Å². The molecule has 0 aliphatic rings. The third-order valence-electron chi connectivity index (χ3n) is 3.23. The minimum Gasteiger partial charge on any atom is -0.493 e. The Morgan fingerprint density at radius 1 is 1.33 bits per heavy atom. The van der Waals surface area contributed by atoms with E-state index in [2.05, 4.69) is 29.2 Å². The Labute approximate surface area is 130 Å². The second-order valence-corrected chi connectivity index (χ2v) is 5.15. The van der Waals surface area contributed by atoms with Gasteiger partial charge in [0.1, 0.15) is 5.69 Å². The molecule has 6 heteroatoms. The molecular weight excluding hydrogens is 288 g/mol. The van der Waals surface area contributed by atoms with Crippen molar-refractivity contribution in [3.05, 3.63) is 40.9 Å². The summed E-state index contributed by atoms with van der Waals surface area (Å²) in [6, 6.07) is 3.70. The number of methoxy groups -OCH3 is 1. The van der Waals surface area contributed by atoms with Crippen LogP contribution >= 0.6 is 11.6 Å². The monoisotopic (exact) mass is 308 g/mol. The first-order valence-electron chi connectivity index (χ1n) is 7.15. The van der Waals surface area contributed by atoms with Crippen molar-refractivity contribution in [1.82, 2.24) is 20.1 Å². The van der Waals surface area contributed by atoms with E-state index in [9.17, 15) is 0 Å². The van der Waals surface area contributed by atoms with E-state index in [0.717, 1.165) is 36.6 Å². The normalized spacial score (nSPS) is 12.4. The zero-order valence-corrected chi connectivity index (χ0v) is 13.4. The molecule has 0 saturated carbocycles. The molecule has 2 heterocycles. The summed E-state index contributed by atoms with van der Waals surface area (Å²) in [5, 5.41) is 8.50. The lowest BCUT2D eigenvalue weighted by molar-refractivity contribution is 0.397. The van der Waals surface area contributed by atoms with Crippen LogP contribution in [0.2, 0.25) is 5.02 Å². The summed E-state index contributed by atoms with van der Waals surface area (Å²) in [5.41, 5.74) is 1.90. The lowest BCUT2D eigenvalue weighted by Gasteiger charge is -2.20. The third-order valence-corrected chi connectivity index (χ3v) is 3.45. The predicted molar refractivity (Wildman–Crippen MR) is 83.8 cm³/mol. The molecule has 1 N–H and O–H groups in total. The Morgan fingerprint density at radius 2 is 2.14 bits per heavy atom. The Balaban J connectivity index is 2.46. The molecule has 0 aliphatic carbocycles. The van der Waals surface area contributed by atoms with Crippen molar-refractivity contribution < 1.29 is 4.74 Å². The molecule has 2 aromatic heterocycles. The number of nitrogens with one attached hydrogen (secondary N) is 1. The van der Waals surface area contributed by atoms with Crippen molar-refractivity contribution in [2.45, 2.75) is 32.9 Å². The molecule has 0 fully saturated rings. The van der Waals surface area contributed by atoms with E-state index in [4.69, 9.17) is 16.3 Å². The molecule has 0 aromatic carbocycles. The lowest BCUT2D eigenvalue weighted by Crippen LogP contribution is -2.26. The fraction of sp³-hybridized carbons (Fsp3) is 0.467. The first-order valence-corrected chi connectivity index (χ1v) is 7.53. The van der Waals surface area contributed by atoms with E-state index in [1.807, 2.05) is 16.8 Å². The number of nitrogens with zero attached hydrogens (tertiary/aromatic N) is 3. The van der Waals surface area contributed by atoms with Crippen molar-refractivity contribution in [2.75, 3.05) is 13.7 Å². The topological polar surface area (TPSA) is 52.0 Å². The predicted octanol–water partition coefficient (Wildman–Crippen LogP) is 3.05. The summed E-state index contributed by atoms with van der Waals surface area (Å²) in [5.74, 6) is 0.770. The summed E-state index contributed by atoms with van der Waals surface area (Å²) in [4.78, 5) is 4.44. The van der Waals surface area contributed by atoms with E-state index in [1.165, 1.54) is 0 Å². The highest BCUT2D eigenvalue weighted by molar-refractivity contribution is 6.30. The fourth-order valence-corrected chi connectivity index (χ4v) is 2.43. The van der Waals surface area contributed by atoms with Crippen LogP contribution in [-0.4, -0.2) is 28.4 Å². The van der Waals surface area contributed by atoms with Gasteiger partial charge in [0.15, 0.2) is 5.75 Å². The highest BCUT2D eigenvalue weighted by atomic mass is 35.5. The van der Waals surface area contributed by atoms with Crippen LogP contribution in [0.25, 0.3) is 0 Å². The first-order chi connectivity index (χ1) is 10.2. The molecule has 0 spiro atoms. The van der Waals surface area contributed by atoms with Crippen molar-refractivity contribution in [1.29, 1.82) is 0 Å². The van der Waals surface area contributed by atoms with Crippen molar-refractivity contribution in [3.8, 4) is 5.75 Å². The molecule has 0 radical (unpaired) electrons. The molecule has 0 bridgehead atoms. The van der Waals surface area contributed by atoms with Crippen LogP contribution in [0.15, 0.2) is 24.5 Å². The number of ether oxygens (including phenoxy) is 1. The molecule has 1 unspecified atom stereocenters. The maximum Gasteiger partial charge on any atom is 0.161 e. The van der Waals surface area contributed by atoms with Crippen LogP contribution in [0.4, 0.5) is 0 Å². The Morgan fingerprint density at radius 3 is 2.71 bits per heavy atom. The Bertz CT molecular complexity index is 568. The van der Waals surface area contributed by atoms with Crippen molar-refractivity contribution >= 4 is 11.6 Å². The first kappa shape index (κ1) is 15.8. The number of rotatable bonds is 7. The van der Waals surface area contributed by atoms with Crippen LogP contribution < -0.4 is 10.1 Å². The highest BCUT2D eigenvalue weighted by Crippen LogP contribution is 2.29. The molecule has 2 aromatic rings. The molecule has 0 amide bonds. The number of aryl methyl sites for hydroxylation is 1. The molecule has 0 saturated heterocycles. The Kier molecular flexibility index (Phi) is 5.59. The second kappa shape index (κ2) is 7.43. The second-order valence-electron chi connectivity index (χ2n) is 4.71. The van der Waals surface area contributed by atoms with Gasteiger partial charge in [-0.3, -0.25) is 9.67 Å². The van der Waals surface area contributed by atoms with Crippen LogP contribution in [0.3, 0.4) is 0 Å². The van der Waals surface area contributed by atoms with Gasteiger partial charge in [-0.05, 0) is 25.1 Å². The number of hydrogen-bond donors (Lipinski definition) is 1. The smallest absolute Gasteiger partial charge is 0.161 e. The minimum absolute atomic E-state index is 0.0729. The number of aromatic nitrogens is 3. The zero-order chi connectivity index (χ0) is 15.2. The highest BCUT2D eigenvalue weighted by Gasteiger charge is 2.23. The van der Waals surface area contributed by atoms with E-state index in [1.54, 1.807) is 19.5 Å². The van der Waals surface area contributed by atoms with E-state index in [0.29, 0.717) is 5.02 Å². The molecule has 21 heavy (non-hydrogen) atoms. The van der Waals surface area contributed by atoms with E-state index in [-0.39, 0.29) is 6.04 Å². The standard InChI is InChI=1S/C15H21ClN4O/c1-4-8-20-15(13(21-3)10-19-20)14(17-5-2)12-7-6-11(16)9-18-12/h6-7,9-10,14,17H,4-5,8H2,1-3H3. The van der Waals surface area contributed by atoms with Crippen molar-refractivity contribution in [2.24, 2.45) is 0 Å². The number of halogens is 1. The van der Waals surface area contributed by atoms with Gasteiger partial charge in [0.05, 0.1) is 30.1 Å². The molecule has 2 rings (SSSR count). The van der Waals surface area contributed by atoms with Crippen LogP contribution in [0.1, 0.15) is 37.7 Å². The van der Waals surface area contributed by atoms with Gasteiger partial charge in [-0.15, -0.1) is 0 Å². The van der Waals surface area contributed by atoms with E-state index < -0.39 is 0 Å². The van der Waals surface area contributed by atoms with Gasteiger partial charge in [0.2, 0.25) is 0 Å². The maximum absolute atomic E-state index is 5.93. The van der Waals surface area contributed by atoms with E-state index >= 15 is 0 Å². The van der Waals surface area contributed by atoms with Crippen LogP contribution in [0, 0.1) is 0 Å². The average Bonchev–Trinajstić information content (AvgIpc) is 2.89. The van der Waals surface area contributed by atoms with Gasteiger partial charge in [-0.1, -0.05) is 25.4 Å². The van der Waals surface area contributed by atoms with Gasteiger partial charge in [-0.25, -0.2) is 0 Å². The third kappa shape index (κ3) is 3.54. The molecular formula is C15H21ClN4O. The van der Waals surface area contributed by atoms with Crippen molar-refractivity contribution in [3.63, 3.8) is 0 Å². The summed E-state index contributed by atoms with van der Waals surface area (Å²) in [6.07, 6.45) is 4.42. The summed E-state index contributed by atoms with van der Waals surface area (Å²) in [6.45, 7) is 5.85. The largest absolute Gasteiger partial charge is 0.493 e. The van der Waals surface area contributed by atoms with Gasteiger partial charge in [0.25, 0.3) is 0 Å². The quantitative estimate of drug-likeness (QED) is 0.854. The Hall–Kier alpha value is -1.59.